The van der Waals surface area contributed by atoms with E-state index in [1.165, 1.54) is 13.2 Å². The van der Waals surface area contributed by atoms with Gasteiger partial charge in [0.2, 0.25) is 5.91 Å². The smallest absolute Gasteiger partial charge is 0.307 e. The summed E-state index contributed by atoms with van der Waals surface area (Å²) >= 11 is 0. The number of methoxy groups -OCH3 is 1. The molecule has 20 heavy (non-hydrogen) atoms. The molecule has 0 unspecified atom stereocenters. The molecule has 0 bridgehead atoms. The van der Waals surface area contributed by atoms with Gasteiger partial charge in [0.05, 0.1) is 20.1 Å². The second-order valence-electron chi connectivity index (χ2n) is 3.92. The number of nitrogens with one attached hydrogen (secondary N) is 1. The predicted octanol–water partition coefficient (Wildman–Crippen LogP) is 1.78. The molecule has 0 spiro atoms. The van der Waals surface area contributed by atoms with Gasteiger partial charge in [-0.15, -0.1) is 0 Å². The zero-order valence-corrected chi connectivity index (χ0v) is 11.7. The Bertz CT molecular complexity index is 483. The fourth-order valence-corrected chi connectivity index (χ4v) is 1.52. The number of hydrogen-bond acceptors (Lipinski definition) is 4. The van der Waals surface area contributed by atoms with Crippen molar-refractivity contribution in [2.45, 2.75) is 13.3 Å². The molecule has 0 aliphatic rings. The van der Waals surface area contributed by atoms with Crippen LogP contribution in [0, 0.1) is 0 Å². The summed E-state index contributed by atoms with van der Waals surface area (Å²) in [5.74, 6) is 0.116. The summed E-state index contributed by atoms with van der Waals surface area (Å²) in [6, 6.07) is 7.46. The molecule has 5 nitrogen and oxygen atoms in total. The average molecular weight is 277 g/mol. The number of carbonyl (C=O) groups excluding carboxylic acids is 2. The fourth-order valence-electron chi connectivity index (χ4n) is 1.52. The van der Waals surface area contributed by atoms with E-state index in [1.54, 1.807) is 6.08 Å². The minimum atomic E-state index is -0.351. The highest BCUT2D eigenvalue weighted by molar-refractivity contribution is 5.92. The second-order valence-corrected chi connectivity index (χ2v) is 3.92. The largest absolute Gasteiger partial charge is 0.493 e. The molecule has 1 amide bonds. The molecule has 0 aliphatic heterocycles. The fraction of sp³-hybridized carbons (Fsp3) is 0.333. The van der Waals surface area contributed by atoms with E-state index < -0.39 is 0 Å². The predicted molar refractivity (Wildman–Crippen MR) is 76.3 cm³/mol. The Morgan fingerprint density at radius 1 is 1.30 bits per heavy atom. The quantitative estimate of drug-likeness (QED) is 0.609. The van der Waals surface area contributed by atoms with Crippen molar-refractivity contribution in [1.82, 2.24) is 5.32 Å². The first-order valence-electron chi connectivity index (χ1n) is 6.42. The van der Waals surface area contributed by atoms with Crippen molar-refractivity contribution in [3.63, 3.8) is 0 Å². The van der Waals surface area contributed by atoms with Crippen LogP contribution in [0.1, 0.15) is 18.9 Å². The van der Waals surface area contributed by atoms with Gasteiger partial charge in [-0.1, -0.05) is 18.2 Å². The third-order valence-corrected chi connectivity index (χ3v) is 2.49. The zero-order chi connectivity index (χ0) is 14.8. The Morgan fingerprint density at radius 2 is 2.05 bits per heavy atom. The van der Waals surface area contributed by atoms with E-state index in [4.69, 9.17) is 4.74 Å². The third-order valence-electron chi connectivity index (χ3n) is 2.49. The molecule has 108 valence electrons. The van der Waals surface area contributed by atoms with Gasteiger partial charge in [-0.25, -0.2) is 0 Å². The van der Waals surface area contributed by atoms with E-state index in [-0.39, 0.29) is 24.8 Å². The topological polar surface area (TPSA) is 64.6 Å². The average Bonchev–Trinajstić information content (AvgIpc) is 2.46. The van der Waals surface area contributed by atoms with Crippen molar-refractivity contribution in [3.8, 4) is 5.75 Å². The summed E-state index contributed by atoms with van der Waals surface area (Å²) in [7, 11) is 1.31. The Balaban J connectivity index is 2.50. The highest BCUT2D eigenvalue weighted by Crippen LogP contribution is 2.19. The van der Waals surface area contributed by atoms with Crippen LogP contribution in [0.4, 0.5) is 0 Å². The Labute approximate surface area is 118 Å². The lowest BCUT2D eigenvalue weighted by Crippen LogP contribution is -2.24. The van der Waals surface area contributed by atoms with Gasteiger partial charge in [0.1, 0.15) is 5.75 Å². The minimum Gasteiger partial charge on any atom is -0.493 e. The third kappa shape index (κ3) is 5.56. The molecule has 0 aromatic heterocycles. The second kappa shape index (κ2) is 8.74. The number of carbonyl (C=O) groups is 2. The molecule has 0 saturated heterocycles. The van der Waals surface area contributed by atoms with E-state index in [0.717, 1.165) is 11.3 Å². The molecule has 1 aromatic rings. The number of ether oxygens (including phenoxy) is 2. The summed E-state index contributed by atoms with van der Waals surface area (Å²) in [5, 5.41) is 2.60. The Kier molecular flexibility index (Phi) is 6.89. The van der Waals surface area contributed by atoms with Gasteiger partial charge in [0.15, 0.2) is 0 Å². The van der Waals surface area contributed by atoms with Crippen molar-refractivity contribution in [2.24, 2.45) is 0 Å². The number of hydrogen-bond donors (Lipinski definition) is 1. The number of para-hydroxylation sites is 1. The SMILES string of the molecule is CCOc1ccccc1/C=C/C(=O)NCCC(=O)OC. The van der Waals surface area contributed by atoms with Crippen LogP contribution < -0.4 is 10.1 Å². The van der Waals surface area contributed by atoms with Gasteiger partial charge in [0.25, 0.3) is 0 Å². The van der Waals surface area contributed by atoms with Crippen LogP contribution in [0.3, 0.4) is 0 Å². The van der Waals surface area contributed by atoms with Gasteiger partial charge in [0, 0.05) is 18.2 Å². The molecule has 1 aromatic carbocycles. The van der Waals surface area contributed by atoms with Crippen LogP contribution >= 0.6 is 0 Å². The van der Waals surface area contributed by atoms with Crippen LogP contribution in [-0.2, 0) is 14.3 Å². The molecule has 5 heteroatoms. The monoisotopic (exact) mass is 277 g/mol. The first-order valence-corrected chi connectivity index (χ1v) is 6.42. The number of benzene rings is 1. The maximum atomic E-state index is 11.6. The summed E-state index contributed by atoms with van der Waals surface area (Å²) in [5.41, 5.74) is 0.831. The molecular formula is C15H19NO4. The van der Waals surface area contributed by atoms with Gasteiger partial charge >= 0.3 is 5.97 Å². The summed E-state index contributed by atoms with van der Waals surface area (Å²) in [6.45, 7) is 2.72. The molecule has 1 rings (SSSR count). The van der Waals surface area contributed by atoms with Crippen LogP contribution in [0.5, 0.6) is 5.75 Å². The van der Waals surface area contributed by atoms with E-state index in [9.17, 15) is 9.59 Å². The lowest BCUT2D eigenvalue weighted by atomic mass is 10.2. The van der Waals surface area contributed by atoms with E-state index >= 15 is 0 Å². The highest BCUT2D eigenvalue weighted by Gasteiger charge is 2.02. The van der Waals surface area contributed by atoms with E-state index in [0.29, 0.717) is 6.61 Å². The van der Waals surface area contributed by atoms with Gasteiger partial charge in [-0.3, -0.25) is 9.59 Å². The van der Waals surface area contributed by atoms with Crippen LogP contribution in [0.25, 0.3) is 6.08 Å². The molecule has 0 heterocycles. The summed E-state index contributed by atoms with van der Waals surface area (Å²) in [4.78, 5) is 22.4. The lowest BCUT2D eigenvalue weighted by molar-refractivity contribution is -0.140. The van der Waals surface area contributed by atoms with Crippen molar-refractivity contribution in [3.05, 3.63) is 35.9 Å². The van der Waals surface area contributed by atoms with Gasteiger partial charge in [-0.05, 0) is 19.1 Å². The molecule has 0 radical (unpaired) electrons. The van der Waals surface area contributed by atoms with Crippen molar-refractivity contribution in [2.75, 3.05) is 20.3 Å². The van der Waals surface area contributed by atoms with Gasteiger partial charge < -0.3 is 14.8 Å². The van der Waals surface area contributed by atoms with E-state index in [2.05, 4.69) is 10.1 Å². The molecule has 0 fully saturated rings. The first-order chi connectivity index (χ1) is 9.67. The van der Waals surface area contributed by atoms with Crippen LogP contribution in [-0.4, -0.2) is 32.1 Å². The van der Waals surface area contributed by atoms with Crippen molar-refractivity contribution < 1.29 is 19.1 Å². The molecule has 0 aliphatic carbocycles. The zero-order valence-electron chi connectivity index (χ0n) is 11.7. The normalized spacial score (nSPS) is 10.3. The Morgan fingerprint density at radius 3 is 2.75 bits per heavy atom. The number of rotatable bonds is 7. The maximum Gasteiger partial charge on any atom is 0.307 e. The first kappa shape index (κ1) is 15.8. The molecule has 0 saturated carbocycles. The Hall–Kier alpha value is -2.30. The standard InChI is InChI=1S/C15H19NO4/c1-3-20-13-7-5-4-6-12(13)8-9-14(17)16-11-10-15(18)19-2/h4-9H,3,10-11H2,1-2H3,(H,16,17)/b9-8+. The van der Waals surface area contributed by atoms with E-state index in [1.807, 2.05) is 31.2 Å². The minimum absolute atomic E-state index is 0.158. The van der Waals surface area contributed by atoms with Crippen molar-refractivity contribution >= 4 is 18.0 Å². The van der Waals surface area contributed by atoms with Crippen LogP contribution in [0.15, 0.2) is 30.3 Å². The van der Waals surface area contributed by atoms with Crippen molar-refractivity contribution in [1.29, 1.82) is 0 Å². The highest BCUT2D eigenvalue weighted by atomic mass is 16.5. The lowest BCUT2D eigenvalue weighted by Gasteiger charge is -2.06. The maximum absolute atomic E-state index is 11.6. The molecule has 1 N–H and O–H groups in total. The number of esters is 1. The summed E-state index contributed by atoms with van der Waals surface area (Å²) in [6.07, 6.45) is 3.25. The number of amides is 1. The molecule has 0 atom stereocenters. The molecular weight excluding hydrogens is 258 g/mol. The van der Waals surface area contributed by atoms with Gasteiger partial charge in [-0.2, -0.15) is 0 Å². The summed E-state index contributed by atoms with van der Waals surface area (Å²) < 4.78 is 9.93. The van der Waals surface area contributed by atoms with Crippen LogP contribution in [0.2, 0.25) is 0 Å².